The maximum Gasteiger partial charge on any atom is 0.251 e. The van der Waals surface area contributed by atoms with Crippen LogP contribution in [0.2, 0.25) is 0 Å². The predicted molar refractivity (Wildman–Crippen MR) is 442 cm³/mol. The van der Waals surface area contributed by atoms with Crippen molar-refractivity contribution >= 4 is 45.9 Å². The number of hydrogen-bond acceptors (Lipinski definition) is 16. The Morgan fingerprint density at radius 3 is 1.39 bits per heavy atom. The minimum absolute atomic E-state index is 0.0316. The van der Waals surface area contributed by atoms with Crippen LogP contribution in [0.4, 0.5) is 11.4 Å². The highest BCUT2D eigenvalue weighted by atomic mass is 16.7. The predicted octanol–water partition coefficient (Wildman–Crippen LogP) is 12.2. The first-order valence-corrected chi connectivity index (χ1v) is 40.4. The summed E-state index contributed by atoms with van der Waals surface area (Å²) in [5.74, 6) is 1.97. The molecule has 4 amide bonds. The molecule has 6 aliphatic carbocycles. The third-order valence-corrected chi connectivity index (χ3v) is 26.4. The van der Waals surface area contributed by atoms with Crippen molar-refractivity contribution < 1.29 is 58.8 Å². The molecule has 7 aromatic carbocycles. The van der Waals surface area contributed by atoms with Crippen molar-refractivity contribution in [2.24, 2.45) is 58.2 Å². The Labute approximate surface area is 666 Å². The standard InChI is InChI=1S/C49H62N4O6.C43H55N5O6/c1-30-41-26-37(49(41,3)4)27-42(30)51-48(57)45-44(31(2)55)43(29-54)59-53(45)28-34-19-14-20-40(46(34)58-7)35-23-36(25-39(24-35)52(5)6)47(56)50-38(21-32-15-10-8-11-16-32)22-33-17-12-9-13-18-33;1-24-34-19-30(43(34,3)4)20-36(24)46-42(52)39-38(25(2)50)37(23-49)54-48(39)22-27-12-10-13-33(40(27)53-7)28-15-29(18-32(17-28)47(5)6)41(51)44-21-31-16-26-11-8-9-14-35(26)45-31/h8-20,23-25,30-31,37-38,41-45,54-55H,21-22,26-29H2,1-7H3,(H,50,56)(H,51,57);8-18,24-25,30,34,36-39,45,49-50H,19-23H2,1-7H3,(H,44,51)(H,46,52)/t30-,31-,37+,41-,42-,43-,44+,45-;24-,25-,30+,34-,36-,37-,38-,39-/m00/s1. The second-order valence-corrected chi connectivity index (χ2v) is 34.4. The average Bonchev–Trinajstić information content (AvgIpc) is 0.940. The van der Waals surface area contributed by atoms with Crippen molar-refractivity contribution in [2.45, 2.75) is 168 Å². The number of ether oxygens (including phenoxy) is 2. The number of fused-ring (bicyclic) bond motifs is 5. The summed E-state index contributed by atoms with van der Waals surface area (Å²) < 4.78 is 12.2. The average molecular weight is 1540 g/mol. The number of H-pyrrole nitrogens is 1. The van der Waals surface area contributed by atoms with Crippen LogP contribution < -0.4 is 40.5 Å². The van der Waals surface area contributed by atoms with Crippen LogP contribution in [0.15, 0.2) is 164 Å². The van der Waals surface area contributed by atoms with Crippen molar-refractivity contribution in [3.8, 4) is 33.8 Å². The molecule has 602 valence electrons. The number of amides is 4. The summed E-state index contributed by atoms with van der Waals surface area (Å²) in [6, 6.07) is 51.9. The minimum atomic E-state index is -0.907. The molecule has 2 aliphatic heterocycles. The van der Waals surface area contributed by atoms with E-state index in [1.54, 1.807) is 38.2 Å². The highest BCUT2D eigenvalue weighted by Crippen LogP contribution is 2.62. The van der Waals surface area contributed by atoms with Gasteiger partial charge in [0, 0.05) is 114 Å². The van der Waals surface area contributed by atoms with E-state index in [0.717, 1.165) is 85.3 Å². The third kappa shape index (κ3) is 17.2. The summed E-state index contributed by atoms with van der Waals surface area (Å²) >= 11 is 0. The van der Waals surface area contributed by atoms with E-state index in [1.165, 1.54) is 12.8 Å². The molecule has 9 N–H and O–H groups in total. The van der Waals surface area contributed by atoms with Gasteiger partial charge in [-0.05, 0) is 175 Å². The lowest BCUT2D eigenvalue weighted by Crippen LogP contribution is -2.62. The molecular formula is C92H117N9O12. The molecule has 16 rings (SSSR count). The Hall–Kier alpha value is -9.16. The monoisotopic (exact) mass is 1540 g/mol. The number of carbonyl (C=O) groups excluding carboxylic acids is 4. The zero-order valence-electron chi connectivity index (χ0n) is 68.0. The molecule has 4 bridgehead atoms. The van der Waals surface area contributed by atoms with Crippen molar-refractivity contribution in [1.29, 1.82) is 0 Å². The van der Waals surface area contributed by atoms with Crippen LogP contribution in [0.25, 0.3) is 33.2 Å². The quantitative estimate of drug-likeness (QED) is 0.0232. The fourth-order valence-electron chi connectivity index (χ4n) is 19.7. The van der Waals surface area contributed by atoms with E-state index in [4.69, 9.17) is 19.1 Å². The molecule has 16 atom stereocenters. The first-order chi connectivity index (χ1) is 54.1. The first kappa shape index (κ1) is 81.8. The first-order valence-electron chi connectivity index (χ1n) is 40.4. The van der Waals surface area contributed by atoms with E-state index in [-0.39, 0.29) is 78.9 Å². The molecule has 1 aromatic heterocycles. The van der Waals surface area contributed by atoms with Crippen LogP contribution >= 0.6 is 0 Å². The molecule has 6 saturated carbocycles. The summed E-state index contributed by atoms with van der Waals surface area (Å²) in [5, 5.41) is 60.2. The van der Waals surface area contributed by atoms with E-state index in [1.807, 2.05) is 178 Å². The molecule has 8 aliphatic rings. The number of aliphatic hydroxyl groups excluding tert-OH is 4. The van der Waals surface area contributed by atoms with E-state index >= 15 is 0 Å². The molecule has 0 spiro atoms. The summed E-state index contributed by atoms with van der Waals surface area (Å²) in [6.45, 7) is 17.1. The number of methoxy groups -OCH3 is 2. The number of aliphatic hydroxyl groups is 4. The lowest BCUT2D eigenvalue weighted by atomic mass is 9.45. The zero-order chi connectivity index (χ0) is 80.5. The molecule has 3 heterocycles. The van der Waals surface area contributed by atoms with Crippen LogP contribution in [0.3, 0.4) is 0 Å². The second kappa shape index (κ2) is 34.5. The Balaban J connectivity index is 0.000000198. The highest BCUT2D eigenvalue weighted by molar-refractivity contribution is 5.98. The number of anilines is 2. The number of aromatic amines is 1. The number of para-hydroxylation sites is 3. The Morgan fingerprint density at radius 2 is 0.991 bits per heavy atom. The number of benzene rings is 7. The normalized spacial score (nSPS) is 25.9. The fourth-order valence-corrected chi connectivity index (χ4v) is 19.7. The smallest absolute Gasteiger partial charge is 0.251 e. The van der Waals surface area contributed by atoms with E-state index in [0.29, 0.717) is 77.5 Å². The third-order valence-electron chi connectivity index (χ3n) is 26.4. The number of carbonyl (C=O) groups is 4. The SMILES string of the molecule is COc1c(CN2O[C@@H](CO)[C@@H]([C@H](C)O)[C@H]2C(=O)N[C@H]2C[C@H]3C[C@@H]([C@@H]2C)C3(C)C)cccc1-c1cc(C(=O)NC(Cc2ccccc2)Cc2ccccc2)cc(N(C)C)c1.COc1c(CN2O[C@@H](CO)[C@H]([C@H](C)O)[C@H]2C(=O)N[C@H]2C[C@H]3C[C@@H]([C@@H]2C)C3(C)C)cccc1-c1cc(C(=O)NCc2cc3ccccc3[nH]2)cc(N(C)C)c1. The van der Waals surface area contributed by atoms with Gasteiger partial charge in [0.1, 0.15) is 35.8 Å². The molecule has 21 heteroatoms. The molecule has 113 heavy (non-hydrogen) atoms. The van der Waals surface area contributed by atoms with Crippen molar-refractivity contribution in [3.05, 3.63) is 203 Å². The molecule has 8 fully saturated rings. The van der Waals surface area contributed by atoms with Crippen molar-refractivity contribution in [2.75, 3.05) is 65.4 Å². The van der Waals surface area contributed by atoms with E-state index in [2.05, 4.69) is 92.1 Å². The summed E-state index contributed by atoms with van der Waals surface area (Å²) in [5.41, 5.74) is 12.1. The van der Waals surface area contributed by atoms with Gasteiger partial charge in [-0.1, -0.05) is 157 Å². The minimum Gasteiger partial charge on any atom is -0.496 e. The molecule has 8 aromatic rings. The van der Waals surface area contributed by atoms with Gasteiger partial charge in [0.2, 0.25) is 11.8 Å². The number of hydroxylamine groups is 4. The van der Waals surface area contributed by atoms with Crippen LogP contribution in [0, 0.1) is 58.2 Å². The number of hydrogen-bond donors (Lipinski definition) is 9. The lowest BCUT2D eigenvalue weighted by molar-refractivity contribution is -0.183. The lowest BCUT2D eigenvalue weighted by Gasteiger charge is -2.62. The molecule has 0 radical (unpaired) electrons. The summed E-state index contributed by atoms with van der Waals surface area (Å²) in [7, 11) is 11.0. The number of nitrogens with zero attached hydrogens (tertiary/aromatic N) is 4. The number of aromatic nitrogens is 1. The molecular weight excluding hydrogens is 1420 g/mol. The van der Waals surface area contributed by atoms with Gasteiger partial charge in [0.05, 0.1) is 59.3 Å². The number of nitrogens with one attached hydrogen (secondary N) is 5. The van der Waals surface area contributed by atoms with Gasteiger partial charge in [-0.2, -0.15) is 10.1 Å². The maximum absolute atomic E-state index is 14.3. The Kier molecular flexibility index (Phi) is 25.0. The van der Waals surface area contributed by atoms with Crippen molar-refractivity contribution in [3.63, 3.8) is 0 Å². The molecule has 2 saturated heterocycles. The van der Waals surface area contributed by atoms with Crippen LogP contribution in [0.1, 0.15) is 130 Å². The van der Waals surface area contributed by atoms with Gasteiger partial charge in [-0.25, -0.2) is 0 Å². The van der Waals surface area contributed by atoms with Crippen LogP contribution in [0.5, 0.6) is 11.5 Å². The maximum atomic E-state index is 14.3. The van der Waals surface area contributed by atoms with E-state index in [9.17, 15) is 39.6 Å². The molecule has 21 nitrogen and oxygen atoms in total. The highest BCUT2D eigenvalue weighted by Gasteiger charge is 2.59. The number of rotatable bonds is 27. The zero-order valence-corrected chi connectivity index (χ0v) is 68.0. The largest absolute Gasteiger partial charge is 0.496 e. The fraction of sp³-hybridized carbons (Fsp3) is 0.478. The van der Waals surface area contributed by atoms with Gasteiger partial charge < -0.3 is 66.0 Å². The van der Waals surface area contributed by atoms with Gasteiger partial charge in [-0.15, -0.1) is 0 Å². The second-order valence-electron chi connectivity index (χ2n) is 34.4. The molecule has 0 unspecified atom stereocenters. The van der Waals surface area contributed by atoms with Gasteiger partial charge in [-0.3, -0.25) is 28.9 Å². The Bertz CT molecular complexity index is 4590. The van der Waals surface area contributed by atoms with Crippen LogP contribution in [-0.2, 0) is 51.7 Å². The van der Waals surface area contributed by atoms with Gasteiger partial charge in [0.15, 0.2) is 0 Å². The van der Waals surface area contributed by atoms with Gasteiger partial charge in [0.25, 0.3) is 11.8 Å². The summed E-state index contributed by atoms with van der Waals surface area (Å²) in [6.07, 6.45) is 2.29. The Morgan fingerprint density at radius 1 is 0.558 bits per heavy atom. The summed E-state index contributed by atoms with van der Waals surface area (Å²) in [4.78, 5) is 76.4. The van der Waals surface area contributed by atoms with E-state index < -0.39 is 48.3 Å². The van der Waals surface area contributed by atoms with Gasteiger partial charge >= 0.3 is 0 Å². The topological polar surface area (TPSA) is 263 Å². The van der Waals surface area contributed by atoms with Crippen molar-refractivity contribution in [1.82, 2.24) is 36.4 Å². The van der Waals surface area contributed by atoms with Crippen LogP contribution in [-0.4, -0.2) is 169 Å².